The van der Waals surface area contributed by atoms with E-state index in [9.17, 15) is 0 Å². The molecule has 0 amide bonds. The van der Waals surface area contributed by atoms with E-state index in [2.05, 4.69) is 4.98 Å². The van der Waals surface area contributed by atoms with Crippen LogP contribution >= 0.6 is 22.9 Å². The summed E-state index contributed by atoms with van der Waals surface area (Å²) >= 11 is 7.52. The van der Waals surface area contributed by atoms with Gasteiger partial charge in [-0.25, -0.2) is 4.98 Å². The molecule has 0 unspecified atom stereocenters. The largest absolute Gasteiger partial charge is 0.321 e. The molecule has 17 heavy (non-hydrogen) atoms. The van der Waals surface area contributed by atoms with Crippen LogP contribution in [0.3, 0.4) is 0 Å². The lowest BCUT2D eigenvalue weighted by Gasteiger charge is -2.14. The van der Waals surface area contributed by atoms with E-state index in [0.717, 1.165) is 21.3 Å². The third kappa shape index (κ3) is 3.28. The molecule has 2 N–H and O–H groups in total. The summed E-state index contributed by atoms with van der Waals surface area (Å²) in [5.41, 5.74) is 6.94. The molecule has 1 aromatic heterocycles. The number of thiazole rings is 1. The Balaban J connectivity index is 2.14. The Morgan fingerprint density at radius 3 is 2.47 bits per heavy atom. The van der Waals surface area contributed by atoms with Gasteiger partial charge >= 0.3 is 0 Å². The Hall–Kier alpha value is -0.900. The van der Waals surface area contributed by atoms with Crippen LogP contribution in [0, 0.1) is 0 Å². The number of nitrogens with two attached hydrogens (primary N) is 1. The highest BCUT2D eigenvalue weighted by Gasteiger charge is 2.17. The Morgan fingerprint density at radius 2 is 1.94 bits per heavy atom. The fraction of sp³-hybridized carbons (Fsp3) is 0.308. The van der Waals surface area contributed by atoms with Crippen molar-refractivity contribution in [1.82, 2.24) is 4.98 Å². The first-order chi connectivity index (χ1) is 7.95. The third-order valence-electron chi connectivity index (χ3n) is 2.46. The Morgan fingerprint density at radius 1 is 1.29 bits per heavy atom. The lowest BCUT2D eigenvalue weighted by Crippen LogP contribution is -2.27. The van der Waals surface area contributed by atoms with E-state index < -0.39 is 0 Å². The first-order valence-electron chi connectivity index (χ1n) is 5.43. The molecule has 1 aromatic carbocycles. The molecule has 0 aliphatic heterocycles. The van der Waals surface area contributed by atoms with Crippen LogP contribution in [-0.2, 0) is 12.0 Å². The molecule has 2 rings (SSSR count). The topological polar surface area (TPSA) is 38.9 Å². The zero-order valence-corrected chi connectivity index (χ0v) is 11.5. The quantitative estimate of drug-likeness (QED) is 0.922. The van der Waals surface area contributed by atoms with Gasteiger partial charge in [-0.05, 0) is 31.5 Å². The minimum atomic E-state index is -0.310. The molecule has 0 radical (unpaired) electrons. The molecule has 1 heterocycles. The SMILES string of the molecule is CC(C)(N)c1cnc(Cc2ccc(Cl)cc2)s1. The van der Waals surface area contributed by atoms with Crippen LogP contribution in [0.4, 0.5) is 0 Å². The van der Waals surface area contributed by atoms with E-state index in [4.69, 9.17) is 17.3 Å². The first-order valence-corrected chi connectivity index (χ1v) is 6.63. The van der Waals surface area contributed by atoms with Crippen molar-refractivity contribution < 1.29 is 0 Å². The lowest BCUT2D eigenvalue weighted by atomic mass is 10.1. The van der Waals surface area contributed by atoms with Crippen molar-refractivity contribution in [3.05, 3.63) is 50.9 Å². The second kappa shape index (κ2) is 4.77. The molecule has 0 saturated heterocycles. The van der Waals surface area contributed by atoms with Gasteiger partial charge in [-0.3, -0.25) is 0 Å². The van der Waals surface area contributed by atoms with E-state index in [1.165, 1.54) is 5.56 Å². The van der Waals surface area contributed by atoms with Crippen molar-refractivity contribution in [2.24, 2.45) is 5.73 Å². The molecule has 90 valence electrons. The van der Waals surface area contributed by atoms with Crippen molar-refractivity contribution in [2.45, 2.75) is 25.8 Å². The molecular formula is C13H15ClN2S. The maximum absolute atomic E-state index is 6.04. The summed E-state index contributed by atoms with van der Waals surface area (Å²) in [6, 6.07) is 7.85. The van der Waals surface area contributed by atoms with Crippen molar-refractivity contribution >= 4 is 22.9 Å². The molecule has 2 nitrogen and oxygen atoms in total. The molecule has 0 fully saturated rings. The van der Waals surface area contributed by atoms with Crippen LogP contribution in [0.25, 0.3) is 0 Å². The maximum atomic E-state index is 6.04. The molecule has 0 atom stereocenters. The van der Waals surface area contributed by atoms with Gasteiger partial charge in [0.15, 0.2) is 0 Å². The number of hydrogen-bond acceptors (Lipinski definition) is 3. The van der Waals surface area contributed by atoms with Gasteiger partial charge in [-0.2, -0.15) is 0 Å². The normalized spacial score (nSPS) is 11.8. The highest BCUT2D eigenvalue weighted by Crippen LogP contribution is 2.25. The minimum Gasteiger partial charge on any atom is -0.321 e. The summed E-state index contributed by atoms with van der Waals surface area (Å²) in [7, 11) is 0. The van der Waals surface area contributed by atoms with Crippen LogP contribution in [0.5, 0.6) is 0 Å². The highest BCUT2D eigenvalue weighted by molar-refractivity contribution is 7.11. The molecule has 2 aromatic rings. The monoisotopic (exact) mass is 266 g/mol. The number of hydrogen-bond donors (Lipinski definition) is 1. The summed E-state index contributed by atoms with van der Waals surface area (Å²) < 4.78 is 0. The van der Waals surface area contributed by atoms with Gasteiger partial charge in [0.2, 0.25) is 0 Å². The van der Waals surface area contributed by atoms with Gasteiger partial charge in [-0.1, -0.05) is 23.7 Å². The second-order valence-electron chi connectivity index (χ2n) is 4.64. The van der Waals surface area contributed by atoms with Crippen molar-refractivity contribution in [2.75, 3.05) is 0 Å². The Labute approximate surface area is 110 Å². The van der Waals surface area contributed by atoms with Crippen molar-refractivity contribution in [3.8, 4) is 0 Å². The number of halogens is 1. The van der Waals surface area contributed by atoms with Crippen molar-refractivity contribution in [3.63, 3.8) is 0 Å². The number of benzene rings is 1. The third-order valence-corrected chi connectivity index (χ3v) is 4.05. The average Bonchev–Trinajstić information content (AvgIpc) is 2.69. The van der Waals surface area contributed by atoms with E-state index in [-0.39, 0.29) is 5.54 Å². The van der Waals surface area contributed by atoms with Crippen LogP contribution < -0.4 is 5.73 Å². The van der Waals surface area contributed by atoms with Gasteiger partial charge < -0.3 is 5.73 Å². The molecule has 4 heteroatoms. The Kier molecular flexibility index (Phi) is 3.52. The summed E-state index contributed by atoms with van der Waals surface area (Å²) in [4.78, 5) is 5.52. The summed E-state index contributed by atoms with van der Waals surface area (Å²) in [6.45, 7) is 3.99. The molecular weight excluding hydrogens is 252 g/mol. The van der Waals surface area contributed by atoms with Crippen molar-refractivity contribution in [1.29, 1.82) is 0 Å². The smallest absolute Gasteiger partial charge is 0.0972 e. The molecule has 0 aliphatic rings. The Bertz CT molecular complexity index is 497. The molecule has 0 spiro atoms. The van der Waals surface area contributed by atoms with Gasteiger partial charge in [0.25, 0.3) is 0 Å². The molecule has 0 bridgehead atoms. The van der Waals surface area contributed by atoms with Crippen LogP contribution in [-0.4, -0.2) is 4.98 Å². The predicted octanol–water partition coefficient (Wildman–Crippen LogP) is 3.58. The van der Waals surface area contributed by atoms with Gasteiger partial charge in [0.05, 0.1) is 5.01 Å². The molecule has 0 aliphatic carbocycles. The van der Waals surface area contributed by atoms with Crippen LogP contribution in [0.2, 0.25) is 5.02 Å². The lowest BCUT2D eigenvalue weighted by molar-refractivity contribution is 0.566. The number of aromatic nitrogens is 1. The maximum Gasteiger partial charge on any atom is 0.0972 e. The average molecular weight is 267 g/mol. The van der Waals surface area contributed by atoms with E-state index >= 15 is 0 Å². The summed E-state index contributed by atoms with van der Waals surface area (Å²) in [5.74, 6) is 0. The van der Waals surface area contributed by atoms with E-state index in [1.807, 2.05) is 44.3 Å². The molecule has 0 saturated carbocycles. The standard InChI is InChI=1S/C13H15ClN2S/c1-13(2,15)11-8-16-12(17-11)7-9-3-5-10(14)6-4-9/h3-6,8H,7,15H2,1-2H3. The summed E-state index contributed by atoms with van der Waals surface area (Å²) in [6.07, 6.45) is 2.70. The predicted molar refractivity (Wildman–Crippen MR) is 73.6 cm³/mol. The van der Waals surface area contributed by atoms with E-state index in [1.54, 1.807) is 11.3 Å². The van der Waals surface area contributed by atoms with Gasteiger partial charge in [-0.15, -0.1) is 11.3 Å². The minimum absolute atomic E-state index is 0.310. The van der Waals surface area contributed by atoms with E-state index in [0.29, 0.717) is 0 Å². The first kappa shape index (κ1) is 12.6. The zero-order valence-electron chi connectivity index (χ0n) is 9.90. The summed E-state index contributed by atoms with van der Waals surface area (Å²) in [5, 5.41) is 1.84. The fourth-order valence-corrected chi connectivity index (χ4v) is 2.56. The highest BCUT2D eigenvalue weighted by atomic mass is 35.5. The fourth-order valence-electron chi connectivity index (χ4n) is 1.47. The number of rotatable bonds is 3. The zero-order chi connectivity index (χ0) is 12.5. The second-order valence-corrected chi connectivity index (χ2v) is 6.19. The van der Waals surface area contributed by atoms with Gasteiger partial charge in [0.1, 0.15) is 0 Å². The van der Waals surface area contributed by atoms with Crippen LogP contribution in [0.15, 0.2) is 30.5 Å². The van der Waals surface area contributed by atoms with Gasteiger partial charge in [0, 0.05) is 28.1 Å². The van der Waals surface area contributed by atoms with Crippen LogP contribution in [0.1, 0.15) is 29.3 Å². The number of nitrogens with zero attached hydrogens (tertiary/aromatic N) is 1.